The summed E-state index contributed by atoms with van der Waals surface area (Å²) in [7, 11) is 0. The van der Waals surface area contributed by atoms with Crippen molar-refractivity contribution in [3.8, 4) is 0 Å². The molecule has 0 aliphatic heterocycles. The molecule has 0 fully saturated rings. The first-order valence-electron chi connectivity index (χ1n) is 5.92. The molecule has 0 saturated carbocycles. The van der Waals surface area contributed by atoms with Crippen LogP contribution in [0.5, 0.6) is 0 Å². The molecule has 0 aromatic heterocycles. The molecular weight excluding hydrogens is 224 g/mol. The van der Waals surface area contributed by atoms with Gasteiger partial charge in [0.2, 0.25) is 0 Å². The van der Waals surface area contributed by atoms with Crippen LogP contribution in [0.3, 0.4) is 0 Å². The van der Waals surface area contributed by atoms with Gasteiger partial charge in [0.25, 0.3) is 0 Å². The molecule has 0 amide bonds. The third-order valence-electron chi connectivity index (χ3n) is 2.49. The van der Waals surface area contributed by atoms with Crippen molar-refractivity contribution < 1.29 is 13.5 Å². The van der Waals surface area contributed by atoms with Crippen LogP contribution in [0, 0.1) is 11.6 Å². The fraction of sp³-hybridized carbons (Fsp3) is 0.538. The van der Waals surface area contributed by atoms with Crippen LogP contribution in [0.15, 0.2) is 18.2 Å². The molecule has 1 aromatic rings. The van der Waals surface area contributed by atoms with E-state index in [4.69, 9.17) is 4.74 Å². The molecule has 0 aliphatic carbocycles. The van der Waals surface area contributed by atoms with Gasteiger partial charge >= 0.3 is 0 Å². The Morgan fingerprint density at radius 3 is 2.71 bits per heavy atom. The Labute approximate surface area is 101 Å². The Morgan fingerprint density at radius 2 is 2.06 bits per heavy atom. The van der Waals surface area contributed by atoms with Crippen LogP contribution in [-0.4, -0.2) is 25.8 Å². The first-order chi connectivity index (χ1) is 8.17. The van der Waals surface area contributed by atoms with Crippen molar-refractivity contribution >= 4 is 0 Å². The van der Waals surface area contributed by atoms with Crippen LogP contribution in [0.25, 0.3) is 0 Å². The number of hydrogen-bond acceptors (Lipinski definition) is 2. The number of nitrogens with one attached hydrogen (secondary N) is 1. The lowest BCUT2D eigenvalue weighted by Gasteiger charge is -2.18. The van der Waals surface area contributed by atoms with E-state index in [1.165, 1.54) is 6.07 Å². The summed E-state index contributed by atoms with van der Waals surface area (Å²) in [5, 5.41) is 3.20. The molecule has 17 heavy (non-hydrogen) atoms. The summed E-state index contributed by atoms with van der Waals surface area (Å²) in [6.45, 7) is 5.77. The maximum atomic E-state index is 13.5. The summed E-state index contributed by atoms with van der Waals surface area (Å²) in [5.74, 6) is -0.779. The maximum absolute atomic E-state index is 13.5. The zero-order valence-electron chi connectivity index (χ0n) is 10.3. The van der Waals surface area contributed by atoms with Gasteiger partial charge in [-0.2, -0.15) is 0 Å². The summed E-state index contributed by atoms with van der Waals surface area (Å²) < 4.78 is 31.8. The van der Waals surface area contributed by atoms with E-state index >= 15 is 0 Å². The molecule has 1 N–H and O–H groups in total. The minimum atomic E-state index is -0.409. The normalized spacial score (nSPS) is 12.7. The van der Waals surface area contributed by atoms with Gasteiger partial charge < -0.3 is 10.1 Å². The SMILES string of the molecule is CCNC(COCC)Cc1cc(F)ccc1F. The Bertz CT molecular complexity index is 344. The van der Waals surface area contributed by atoms with E-state index < -0.39 is 5.82 Å². The summed E-state index contributed by atoms with van der Waals surface area (Å²) in [6.07, 6.45) is 0.428. The van der Waals surface area contributed by atoms with Crippen molar-refractivity contribution in [3.63, 3.8) is 0 Å². The molecule has 0 saturated heterocycles. The van der Waals surface area contributed by atoms with Gasteiger partial charge in [-0.1, -0.05) is 6.92 Å². The highest BCUT2D eigenvalue weighted by atomic mass is 19.1. The van der Waals surface area contributed by atoms with E-state index in [-0.39, 0.29) is 11.9 Å². The lowest BCUT2D eigenvalue weighted by Crippen LogP contribution is -2.35. The second kappa shape index (κ2) is 7.35. The second-order valence-electron chi connectivity index (χ2n) is 3.85. The van der Waals surface area contributed by atoms with E-state index in [2.05, 4.69) is 5.32 Å². The van der Waals surface area contributed by atoms with Gasteiger partial charge in [0.15, 0.2) is 0 Å². The van der Waals surface area contributed by atoms with E-state index in [1.54, 1.807) is 0 Å². The molecule has 0 spiro atoms. The molecular formula is C13H19F2NO. The molecule has 2 nitrogen and oxygen atoms in total. The van der Waals surface area contributed by atoms with E-state index in [9.17, 15) is 8.78 Å². The van der Waals surface area contributed by atoms with Crippen LogP contribution in [-0.2, 0) is 11.2 Å². The van der Waals surface area contributed by atoms with Crippen LogP contribution in [0.1, 0.15) is 19.4 Å². The van der Waals surface area contributed by atoms with Gasteiger partial charge in [-0.25, -0.2) is 8.78 Å². The summed E-state index contributed by atoms with van der Waals surface area (Å²) >= 11 is 0. The van der Waals surface area contributed by atoms with Crippen LogP contribution < -0.4 is 5.32 Å². The highest BCUT2D eigenvalue weighted by molar-refractivity contribution is 5.19. The third kappa shape index (κ3) is 4.79. The largest absolute Gasteiger partial charge is 0.380 e. The third-order valence-corrected chi connectivity index (χ3v) is 2.49. The molecule has 1 aromatic carbocycles. The van der Waals surface area contributed by atoms with E-state index in [0.717, 1.165) is 18.7 Å². The molecule has 1 unspecified atom stereocenters. The topological polar surface area (TPSA) is 21.3 Å². The van der Waals surface area contributed by atoms with Gasteiger partial charge in [0, 0.05) is 12.6 Å². The minimum Gasteiger partial charge on any atom is -0.380 e. The smallest absolute Gasteiger partial charge is 0.126 e. The number of halogens is 2. The summed E-state index contributed by atoms with van der Waals surface area (Å²) in [5.41, 5.74) is 0.385. The van der Waals surface area contributed by atoms with Gasteiger partial charge in [0.05, 0.1) is 6.61 Å². The molecule has 0 heterocycles. The Kier molecular flexibility index (Phi) is 6.08. The fourth-order valence-corrected chi connectivity index (χ4v) is 1.70. The maximum Gasteiger partial charge on any atom is 0.126 e. The average molecular weight is 243 g/mol. The second-order valence-corrected chi connectivity index (χ2v) is 3.85. The number of rotatable bonds is 7. The van der Waals surface area contributed by atoms with Crippen molar-refractivity contribution in [3.05, 3.63) is 35.4 Å². The van der Waals surface area contributed by atoms with Gasteiger partial charge in [0.1, 0.15) is 11.6 Å². The summed E-state index contributed by atoms with van der Waals surface area (Å²) in [6, 6.07) is 3.54. The van der Waals surface area contributed by atoms with Gasteiger partial charge in [-0.3, -0.25) is 0 Å². The lowest BCUT2D eigenvalue weighted by atomic mass is 10.1. The van der Waals surface area contributed by atoms with Crippen molar-refractivity contribution in [1.29, 1.82) is 0 Å². The molecule has 0 aliphatic rings. The van der Waals surface area contributed by atoms with Crippen LogP contribution in [0.4, 0.5) is 8.78 Å². The molecule has 4 heteroatoms. The molecule has 1 rings (SSSR count). The highest BCUT2D eigenvalue weighted by Gasteiger charge is 2.12. The Hall–Kier alpha value is -1.00. The predicted molar refractivity (Wildman–Crippen MR) is 64.0 cm³/mol. The van der Waals surface area contributed by atoms with Gasteiger partial charge in [-0.15, -0.1) is 0 Å². The Morgan fingerprint density at radius 1 is 1.29 bits per heavy atom. The number of likely N-dealkylation sites (N-methyl/N-ethyl adjacent to an activating group) is 1. The monoisotopic (exact) mass is 243 g/mol. The van der Waals surface area contributed by atoms with Crippen molar-refractivity contribution in [1.82, 2.24) is 5.32 Å². The van der Waals surface area contributed by atoms with Crippen LogP contribution >= 0.6 is 0 Å². The molecule has 1 atom stereocenters. The number of ether oxygens (including phenoxy) is 1. The molecule has 0 radical (unpaired) electrons. The average Bonchev–Trinajstić information content (AvgIpc) is 2.31. The first-order valence-corrected chi connectivity index (χ1v) is 5.92. The molecule has 96 valence electrons. The zero-order valence-corrected chi connectivity index (χ0v) is 10.3. The zero-order chi connectivity index (χ0) is 12.7. The number of hydrogen-bond donors (Lipinski definition) is 1. The van der Waals surface area contributed by atoms with E-state index in [0.29, 0.717) is 25.2 Å². The first kappa shape index (κ1) is 14.1. The minimum absolute atomic E-state index is 0.0104. The summed E-state index contributed by atoms with van der Waals surface area (Å²) in [4.78, 5) is 0. The molecule has 0 bridgehead atoms. The highest BCUT2D eigenvalue weighted by Crippen LogP contribution is 2.12. The Balaban J connectivity index is 2.67. The van der Waals surface area contributed by atoms with Crippen molar-refractivity contribution in [2.45, 2.75) is 26.3 Å². The van der Waals surface area contributed by atoms with Crippen LogP contribution in [0.2, 0.25) is 0 Å². The van der Waals surface area contributed by atoms with E-state index in [1.807, 2.05) is 13.8 Å². The predicted octanol–water partition coefficient (Wildman–Crippen LogP) is 2.52. The standard InChI is InChI=1S/C13H19F2NO/c1-3-16-12(9-17-4-2)8-10-7-11(14)5-6-13(10)15/h5-7,12,16H,3-4,8-9H2,1-2H3. The number of benzene rings is 1. The lowest BCUT2D eigenvalue weighted by molar-refractivity contribution is 0.123. The van der Waals surface area contributed by atoms with Gasteiger partial charge in [-0.05, 0) is 43.7 Å². The quantitative estimate of drug-likeness (QED) is 0.794. The van der Waals surface area contributed by atoms with Crippen molar-refractivity contribution in [2.75, 3.05) is 19.8 Å². The fourth-order valence-electron chi connectivity index (χ4n) is 1.70. The van der Waals surface area contributed by atoms with Crippen molar-refractivity contribution in [2.24, 2.45) is 0 Å².